The van der Waals surface area contributed by atoms with Gasteiger partial charge in [0.2, 0.25) is 0 Å². The lowest BCUT2D eigenvalue weighted by molar-refractivity contribution is 0.0673. The fourth-order valence-corrected chi connectivity index (χ4v) is 4.92. The molecule has 1 aromatic carbocycles. The Balaban J connectivity index is 2.43. The molecule has 206 valence electrons. The van der Waals surface area contributed by atoms with Crippen LogP contribution in [0.5, 0.6) is 0 Å². The fourth-order valence-electron chi connectivity index (χ4n) is 4.92. The topological polar surface area (TPSA) is 57.6 Å². The third-order valence-corrected chi connectivity index (χ3v) is 7.24. The first kappa shape index (κ1) is 32.2. The maximum Gasteiger partial charge on any atom is 0.336 e. The van der Waals surface area contributed by atoms with Crippen molar-refractivity contribution in [1.29, 1.82) is 0 Å². The summed E-state index contributed by atoms with van der Waals surface area (Å²) < 4.78 is 0. The van der Waals surface area contributed by atoms with Crippen molar-refractivity contribution in [2.75, 3.05) is 13.1 Å². The number of unbranched alkanes of at least 4 members (excludes halogenated alkanes) is 18. The molecule has 0 radical (unpaired) electrons. The van der Waals surface area contributed by atoms with Crippen molar-refractivity contribution in [2.24, 2.45) is 0 Å². The normalized spacial score (nSPS) is 11.1. The number of carbonyl (C=O) groups excluding carboxylic acids is 1. The van der Waals surface area contributed by atoms with E-state index < -0.39 is 5.97 Å². The highest BCUT2D eigenvalue weighted by Gasteiger charge is 2.21. The van der Waals surface area contributed by atoms with Gasteiger partial charge in [0.1, 0.15) is 0 Å². The van der Waals surface area contributed by atoms with Gasteiger partial charge in [-0.2, -0.15) is 0 Å². The molecule has 0 aliphatic carbocycles. The molecule has 4 heteroatoms. The van der Waals surface area contributed by atoms with Gasteiger partial charge < -0.3 is 10.0 Å². The first-order valence-electron chi connectivity index (χ1n) is 15.2. The van der Waals surface area contributed by atoms with Crippen LogP contribution in [0.25, 0.3) is 0 Å². The van der Waals surface area contributed by atoms with Crippen molar-refractivity contribution < 1.29 is 14.7 Å². The van der Waals surface area contributed by atoms with Crippen molar-refractivity contribution in [2.45, 2.75) is 142 Å². The van der Waals surface area contributed by atoms with Crippen LogP contribution < -0.4 is 0 Å². The number of rotatable bonds is 24. The number of aromatic carboxylic acids is 1. The zero-order valence-corrected chi connectivity index (χ0v) is 23.6. The molecule has 1 N–H and O–H groups in total. The number of hydrogen-bond acceptors (Lipinski definition) is 2. The minimum atomic E-state index is -1.03. The summed E-state index contributed by atoms with van der Waals surface area (Å²) in [5, 5.41) is 9.55. The minimum absolute atomic E-state index is 0.110. The Labute approximate surface area is 222 Å². The molecule has 0 unspecified atom stereocenters. The van der Waals surface area contributed by atoms with E-state index in [4.69, 9.17) is 0 Å². The quantitative estimate of drug-likeness (QED) is 0.143. The molecule has 0 spiro atoms. The molecule has 1 aromatic rings. The number of benzene rings is 1. The average Bonchev–Trinajstić information content (AvgIpc) is 2.89. The molecule has 36 heavy (non-hydrogen) atoms. The highest BCUT2D eigenvalue weighted by atomic mass is 16.4. The Bertz CT molecular complexity index is 664. The SMILES string of the molecule is CCCCCCCCCCCCN(CCCCCCCCCCCC)C(=O)c1ccccc1C(=O)O. The van der Waals surface area contributed by atoms with Crippen LogP contribution in [0.3, 0.4) is 0 Å². The largest absolute Gasteiger partial charge is 0.478 e. The van der Waals surface area contributed by atoms with Gasteiger partial charge in [-0.1, -0.05) is 142 Å². The van der Waals surface area contributed by atoms with Crippen molar-refractivity contribution in [3.8, 4) is 0 Å². The molecule has 0 aliphatic rings. The van der Waals surface area contributed by atoms with Crippen LogP contribution in [0, 0.1) is 0 Å². The van der Waals surface area contributed by atoms with Crippen molar-refractivity contribution in [1.82, 2.24) is 4.90 Å². The molecule has 0 fully saturated rings. The second kappa shape index (κ2) is 22.4. The number of amides is 1. The van der Waals surface area contributed by atoms with Crippen LogP contribution in [0.15, 0.2) is 24.3 Å². The van der Waals surface area contributed by atoms with Gasteiger partial charge in [0, 0.05) is 13.1 Å². The van der Waals surface area contributed by atoms with Crippen LogP contribution in [-0.2, 0) is 0 Å². The zero-order valence-electron chi connectivity index (χ0n) is 23.6. The molecule has 1 rings (SSSR count). The Morgan fingerprint density at radius 2 is 0.889 bits per heavy atom. The maximum absolute atomic E-state index is 13.3. The zero-order chi connectivity index (χ0) is 26.3. The van der Waals surface area contributed by atoms with E-state index in [0.29, 0.717) is 5.56 Å². The Morgan fingerprint density at radius 1 is 0.556 bits per heavy atom. The lowest BCUT2D eigenvalue weighted by atomic mass is 10.0. The number of hydrogen-bond donors (Lipinski definition) is 1. The number of nitrogens with zero attached hydrogens (tertiary/aromatic N) is 1. The second-order valence-electron chi connectivity index (χ2n) is 10.5. The molecular weight excluding hydrogens is 446 g/mol. The maximum atomic E-state index is 13.3. The highest BCUT2D eigenvalue weighted by Crippen LogP contribution is 2.16. The third-order valence-electron chi connectivity index (χ3n) is 7.24. The molecular formula is C32H55NO3. The lowest BCUT2D eigenvalue weighted by Gasteiger charge is -2.23. The van der Waals surface area contributed by atoms with Gasteiger partial charge in [0.15, 0.2) is 0 Å². The van der Waals surface area contributed by atoms with E-state index in [-0.39, 0.29) is 11.5 Å². The molecule has 0 aliphatic heterocycles. The van der Waals surface area contributed by atoms with E-state index in [0.717, 1.165) is 38.8 Å². The van der Waals surface area contributed by atoms with E-state index in [2.05, 4.69) is 13.8 Å². The summed E-state index contributed by atoms with van der Waals surface area (Å²) >= 11 is 0. The van der Waals surface area contributed by atoms with Crippen LogP contribution in [0.4, 0.5) is 0 Å². The van der Waals surface area contributed by atoms with Gasteiger partial charge in [-0.15, -0.1) is 0 Å². The Morgan fingerprint density at radius 3 is 1.25 bits per heavy atom. The molecule has 0 bridgehead atoms. The summed E-state index contributed by atoms with van der Waals surface area (Å²) in [6.45, 7) is 5.96. The molecule has 0 saturated carbocycles. The van der Waals surface area contributed by atoms with Crippen molar-refractivity contribution in [3.05, 3.63) is 35.4 Å². The van der Waals surface area contributed by atoms with Gasteiger partial charge in [-0.3, -0.25) is 4.79 Å². The molecule has 4 nitrogen and oxygen atoms in total. The third kappa shape index (κ3) is 15.3. The summed E-state index contributed by atoms with van der Waals surface area (Å²) in [6, 6.07) is 6.65. The molecule has 0 heterocycles. The van der Waals surface area contributed by atoms with Crippen LogP contribution in [0.1, 0.15) is 163 Å². The highest BCUT2D eigenvalue weighted by molar-refractivity contribution is 6.04. The van der Waals surface area contributed by atoms with E-state index in [1.807, 2.05) is 4.90 Å². The summed E-state index contributed by atoms with van der Waals surface area (Å²) in [7, 11) is 0. The average molecular weight is 502 g/mol. The number of carbonyl (C=O) groups is 2. The molecule has 1 amide bonds. The molecule has 0 aromatic heterocycles. The number of carboxylic acids is 1. The van der Waals surface area contributed by atoms with E-state index >= 15 is 0 Å². The summed E-state index contributed by atoms with van der Waals surface area (Å²) in [6.07, 6.45) is 25.3. The van der Waals surface area contributed by atoms with E-state index in [1.165, 1.54) is 109 Å². The smallest absolute Gasteiger partial charge is 0.336 e. The predicted molar refractivity (Wildman–Crippen MR) is 153 cm³/mol. The van der Waals surface area contributed by atoms with Gasteiger partial charge >= 0.3 is 5.97 Å². The fraction of sp³-hybridized carbons (Fsp3) is 0.750. The van der Waals surface area contributed by atoms with E-state index in [9.17, 15) is 14.7 Å². The van der Waals surface area contributed by atoms with Gasteiger partial charge in [0.25, 0.3) is 5.91 Å². The van der Waals surface area contributed by atoms with Crippen molar-refractivity contribution in [3.63, 3.8) is 0 Å². The summed E-state index contributed by atoms with van der Waals surface area (Å²) in [5.74, 6) is -1.16. The number of carboxylic acid groups (broad SMARTS) is 1. The van der Waals surface area contributed by atoms with Gasteiger partial charge in [-0.05, 0) is 25.0 Å². The first-order chi connectivity index (χ1) is 17.6. The van der Waals surface area contributed by atoms with Gasteiger partial charge in [0.05, 0.1) is 11.1 Å². The lowest BCUT2D eigenvalue weighted by Crippen LogP contribution is -2.34. The first-order valence-corrected chi connectivity index (χ1v) is 15.2. The van der Waals surface area contributed by atoms with Crippen LogP contribution in [0.2, 0.25) is 0 Å². The van der Waals surface area contributed by atoms with Crippen molar-refractivity contribution >= 4 is 11.9 Å². The summed E-state index contributed by atoms with van der Waals surface area (Å²) in [5.41, 5.74) is 0.433. The van der Waals surface area contributed by atoms with Gasteiger partial charge in [-0.25, -0.2) is 4.79 Å². The monoisotopic (exact) mass is 501 g/mol. The predicted octanol–water partition coefficient (Wildman–Crippen LogP) is 9.67. The standard InChI is InChI=1S/C32H55NO3/c1-3-5-7-9-11-13-15-17-19-23-27-33(28-24-20-18-16-14-12-10-8-6-4-2)31(34)29-25-21-22-26-30(29)32(35)36/h21-22,25-26H,3-20,23-24,27-28H2,1-2H3,(H,35,36). The van der Waals surface area contributed by atoms with Crippen LogP contribution >= 0.6 is 0 Å². The van der Waals surface area contributed by atoms with Crippen LogP contribution in [-0.4, -0.2) is 35.0 Å². The Hall–Kier alpha value is -1.84. The Kier molecular flexibility index (Phi) is 20.0. The second-order valence-corrected chi connectivity index (χ2v) is 10.5. The van der Waals surface area contributed by atoms with E-state index in [1.54, 1.807) is 18.2 Å². The minimum Gasteiger partial charge on any atom is -0.478 e. The molecule has 0 saturated heterocycles. The summed E-state index contributed by atoms with van der Waals surface area (Å²) in [4.78, 5) is 26.9. The molecule has 0 atom stereocenters.